The number of carbonyl (C=O) groups is 1. The molecule has 0 spiro atoms. The van der Waals surface area contributed by atoms with Gasteiger partial charge in [-0.05, 0) is 18.1 Å². The molecule has 0 aliphatic carbocycles. The van der Waals surface area contributed by atoms with Gasteiger partial charge in [-0.25, -0.2) is 4.79 Å². The molecule has 0 radical (unpaired) electrons. The first-order valence-corrected chi connectivity index (χ1v) is 6.90. The van der Waals surface area contributed by atoms with Gasteiger partial charge in [-0.2, -0.15) is 0 Å². The van der Waals surface area contributed by atoms with E-state index in [0.717, 1.165) is 5.69 Å². The summed E-state index contributed by atoms with van der Waals surface area (Å²) in [5.74, 6) is 1.09. The van der Waals surface area contributed by atoms with Crippen LogP contribution in [0.5, 0.6) is 0 Å². The van der Waals surface area contributed by atoms with Gasteiger partial charge in [0, 0.05) is 22.7 Å². The molecule has 0 saturated heterocycles. The zero-order valence-electron chi connectivity index (χ0n) is 10.3. The Morgan fingerprint density at radius 1 is 1.47 bits per heavy atom. The van der Waals surface area contributed by atoms with Gasteiger partial charge in [0.05, 0.1) is 24.1 Å². The molecule has 1 rings (SSSR count). The number of methoxy groups -OCH3 is 1. The van der Waals surface area contributed by atoms with E-state index >= 15 is 0 Å². The Morgan fingerprint density at radius 2 is 2.18 bits per heavy atom. The van der Waals surface area contributed by atoms with E-state index in [0.29, 0.717) is 23.0 Å². The van der Waals surface area contributed by atoms with E-state index in [-0.39, 0.29) is 0 Å². The molecule has 17 heavy (non-hydrogen) atoms. The molecule has 94 valence electrons. The fraction of sp³-hybridized carbons (Fsp3) is 0.500. The lowest BCUT2D eigenvalue weighted by Gasteiger charge is -2.05. The van der Waals surface area contributed by atoms with Crippen molar-refractivity contribution in [1.29, 1.82) is 0 Å². The van der Waals surface area contributed by atoms with Gasteiger partial charge in [0.1, 0.15) is 0 Å². The van der Waals surface area contributed by atoms with E-state index in [4.69, 9.17) is 0 Å². The van der Waals surface area contributed by atoms with Gasteiger partial charge in [-0.15, -0.1) is 0 Å². The van der Waals surface area contributed by atoms with Crippen LogP contribution in [0.4, 0.5) is 0 Å². The molecule has 0 amide bonds. The number of aromatic nitrogens is 1. The summed E-state index contributed by atoms with van der Waals surface area (Å²) >= 11 is 0. The van der Waals surface area contributed by atoms with Crippen molar-refractivity contribution < 1.29 is 13.7 Å². The molecule has 0 aliphatic heterocycles. The van der Waals surface area contributed by atoms with E-state index in [9.17, 15) is 9.00 Å². The van der Waals surface area contributed by atoms with Crippen molar-refractivity contribution in [3.63, 3.8) is 0 Å². The summed E-state index contributed by atoms with van der Waals surface area (Å²) in [7, 11) is 0.428. The van der Waals surface area contributed by atoms with Crippen LogP contribution < -0.4 is 0 Å². The van der Waals surface area contributed by atoms with Gasteiger partial charge >= 0.3 is 5.97 Å². The summed E-state index contributed by atoms with van der Waals surface area (Å²) in [5, 5.41) is 0. The largest absolute Gasteiger partial charge is 0.465 e. The maximum absolute atomic E-state index is 11.7. The van der Waals surface area contributed by atoms with Crippen LogP contribution in [0.15, 0.2) is 18.3 Å². The molecule has 1 heterocycles. The Morgan fingerprint density at radius 3 is 2.65 bits per heavy atom. The summed E-state index contributed by atoms with van der Waals surface area (Å²) < 4.78 is 16.2. The topological polar surface area (TPSA) is 56.3 Å². The quantitative estimate of drug-likeness (QED) is 0.752. The summed E-state index contributed by atoms with van der Waals surface area (Å²) in [6.07, 6.45) is 1.45. The lowest BCUT2D eigenvalue weighted by Crippen LogP contribution is -2.08. The normalized spacial score (nSPS) is 12.5. The minimum Gasteiger partial charge on any atom is -0.465 e. The number of nitrogens with zero attached hydrogens (tertiary/aromatic N) is 1. The fourth-order valence-electron chi connectivity index (χ4n) is 1.34. The van der Waals surface area contributed by atoms with Crippen LogP contribution in [0.1, 0.15) is 29.9 Å². The highest BCUT2D eigenvalue weighted by atomic mass is 32.2. The number of hydrogen-bond donors (Lipinski definition) is 0. The van der Waals surface area contributed by atoms with Crippen LogP contribution >= 0.6 is 0 Å². The second-order valence-corrected chi connectivity index (χ2v) is 5.68. The fourth-order valence-corrected chi connectivity index (χ4v) is 2.71. The molecule has 0 bridgehead atoms. The van der Waals surface area contributed by atoms with Gasteiger partial charge in [0.15, 0.2) is 0 Å². The predicted octanol–water partition coefficient (Wildman–Crippen LogP) is 1.77. The monoisotopic (exact) mass is 255 g/mol. The van der Waals surface area contributed by atoms with E-state index in [1.54, 1.807) is 12.1 Å². The van der Waals surface area contributed by atoms with Crippen molar-refractivity contribution in [2.75, 3.05) is 12.9 Å². The van der Waals surface area contributed by atoms with Crippen LogP contribution in [0.25, 0.3) is 0 Å². The minimum absolute atomic E-state index is 0.408. The van der Waals surface area contributed by atoms with Crippen LogP contribution in [-0.4, -0.2) is 28.0 Å². The molecule has 0 saturated carbocycles. The second kappa shape index (κ2) is 6.49. The third-order valence-electron chi connectivity index (χ3n) is 2.07. The van der Waals surface area contributed by atoms with E-state index in [1.165, 1.54) is 13.3 Å². The standard InChI is InChI=1S/C12H17NO3S/c1-9(2)7-17(15)8-11-5-4-10(6-13-11)12(14)16-3/h4-6,9H,7-8H2,1-3H3. The molecule has 0 fully saturated rings. The van der Waals surface area contributed by atoms with Crippen LogP contribution in [0.2, 0.25) is 0 Å². The van der Waals surface area contributed by atoms with Crippen molar-refractivity contribution in [2.24, 2.45) is 5.92 Å². The Hall–Kier alpha value is -1.23. The molecule has 0 aliphatic rings. The molecule has 0 aromatic carbocycles. The first-order valence-electron chi connectivity index (χ1n) is 5.41. The zero-order valence-corrected chi connectivity index (χ0v) is 11.1. The number of ether oxygens (including phenoxy) is 1. The Labute approximate surface area is 104 Å². The highest BCUT2D eigenvalue weighted by Gasteiger charge is 2.08. The molecule has 1 unspecified atom stereocenters. The third-order valence-corrected chi connectivity index (χ3v) is 3.73. The molecule has 4 nitrogen and oxygen atoms in total. The summed E-state index contributed by atoms with van der Waals surface area (Å²) in [4.78, 5) is 15.3. The number of carbonyl (C=O) groups excluding carboxylic acids is 1. The average Bonchev–Trinajstić information content (AvgIpc) is 2.28. The van der Waals surface area contributed by atoms with Crippen LogP contribution in [0.3, 0.4) is 0 Å². The Balaban J connectivity index is 2.62. The molecule has 1 atom stereocenters. The van der Waals surface area contributed by atoms with Gasteiger partial charge < -0.3 is 4.74 Å². The highest BCUT2D eigenvalue weighted by Crippen LogP contribution is 2.06. The van der Waals surface area contributed by atoms with Gasteiger partial charge in [-0.1, -0.05) is 13.8 Å². The zero-order chi connectivity index (χ0) is 12.8. The van der Waals surface area contributed by atoms with E-state index in [2.05, 4.69) is 9.72 Å². The molecule has 0 N–H and O–H groups in total. The Bertz CT molecular complexity index is 401. The second-order valence-electron chi connectivity index (χ2n) is 4.17. The number of pyridine rings is 1. The molecular formula is C12H17NO3S. The third kappa shape index (κ3) is 4.65. The van der Waals surface area contributed by atoms with Gasteiger partial charge in [0.25, 0.3) is 0 Å². The summed E-state index contributed by atoms with van der Waals surface area (Å²) in [5.41, 5.74) is 1.14. The molecule has 1 aromatic rings. The van der Waals surface area contributed by atoms with Crippen molar-refractivity contribution in [3.8, 4) is 0 Å². The van der Waals surface area contributed by atoms with Crippen molar-refractivity contribution in [2.45, 2.75) is 19.6 Å². The summed E-state index contributed by atoms with van der Waals surface area (Å²) in [6.45, 7) is 4.07. The first-order chi connectivity index (χ1) is 8.02. The number of esters is 1. The summed E-state index contributed by atoms with van der Waals surface area (Å²) in [6, 6.07) is 3.35. The number of rotatable bonds is 5. The van der Waals surface area contributed by atoms with Crippen LogP contribution in [-0.2, 0) is 21.3 Å². The first kappa shape index (κ1) is 13.8. The van der Waals surface area contributed by atoms with E-state index in [1.807, 2.05) is 13.8 Å². The average molecular weight is 255 g/mol. The smallest absolute Gasteiger partial charge is 0.339 e. The van der Waals surface area contributed by atoms with Crippen LogP contribution in [0, 0.1) is 5.92 Å². The van der Waals surface area contributed by atoms with Crippen molar-refractivity contribution in [1.82, 2.24) is 4.98 Å². The SMILES string of the molecule is COC(=O)c1ccc(CS(=O)CC(C)C)nc1. The molecular weight excluding hydrogens is 238 g/mol. The van der Waals surface area contributed by atoms with E-state index < -0.39 is 16.8 Å². The van der Waals surface area contributed by atoms with Crippen molar-refractivity contribution >= 4 is 16.8 Å². The Kier molecular flexibility index (Phi) is 5.28. The molecule has 1 aromatic heterocycles. The minimum atomic E-state index is -0.899. The maximum Gasteiger partial charge on any atom is 0.339 e. The van der Waals surface area contributed by atoms with Crippen molar-refractivity contribution in [3.05, 3.63) is 29.6 Å². The predicted molar refractivity (Wildman–Crippen MR) is 67.1 cm³/mol. The lowest BCUT2D eigenvalue weighted by atomic mass is 10.2. The highest BCUT2D eigenvalue weighted by molar-refractivity contribution is 7.84. The van der Waals surface area contributed by atoms with Gasteiger partial charge in [-0.3, -0.25) is 9.19 Å². The molecule has 5 heteroatoms. The van der Waals surface area contributed by atoms with Gasteiger partial charge in [0.2, 0.25) is 0 Å². The maximum atomic E-state index is 11.7. The number of hydrogen-bond acceptors (Lipinski definition) is 4. The lowest BCUT2D eigenvalue weighted by molar-refractivity contribution is 0.0600.